The second-order valence-corrected chi connectivity index (χ2v) is 5.94. The standard InChI is InChI=1S/C15H20ClN3/c16-13-5-3-12(4-6-13)15(7-1-8-15)11-19-14-17-9-2-10-18-14/h3-6H,1-2,7-11H2,(H2,17,18,19). The SMILES string of the molecule is Clc1ccc(C2(CNC3=NCCCN3)CCC2)cc1. The van der Waals surface area contributed by atoms with Gasteiger partial charge in [-0.05, 0) is 37.0 Å². The molecular formula is C15H20ClN3. The highest BCUT2D eigenvalue weighted by atomic mass is 35.5. The van der Waals surface area contributed by atoms with Crippen molar-refractivity contribution in [2.45, 2.75) is 31.1 Å². The predicted octanol–water partition coefficient (Wildman–Crippen LogP) is 2.70. The van der Waals surface area contributed by atoms with Crippen molar-refractivity contribution >= 4 is 17.6 Å². The maximum atomic E-state index is 5.98. The molecule has 102 valence electrons. The van der Waals surface area contributed by atoms with Gasteiger partial charge < -0.3 is 10.6 Å². The van der Waals surface area contributed by atoms with Gasteiger partial charge in [0.05, 0.1) is 0 Å². The Hall–Kier alpha value is -1.22. The Kier molecular flexibility index (Phi) is 3.65. The van der Waals surface area contributed by atoms with Gasteiger partial charge in [0.2, 0.25) is 0 Å². The maximum Gasteiger partial charge on any atom is 0.191 e. The molecule has 3 rings (SSSR count). The monoisotopic (exact) mass is 277 g/mol. The average molecular weight is 278 g/mol. The molecule has 1 aliphatic heterocycles. The molecule has 3 nitrogen and oxygen atoms in total. The summed E-state index contributed by atoms with van der Waals surface area (Å²) in [6.45, 7) is 2.92. The summed E-state index contributed by atoms with van der Waals surface area (Å²) in [5.41, 5.74) is 1.67. The zero-order valence-corrected chi connectivity index (χ0v) is 11.8. The number of nitrogens with zero attached hydrogens (tertiary/aromatic N) is 1. The van der Waals surface area contributed by atoms with Crippen molar-refractivity contribution in [2.24, 2.45) is 4.99 Å². The van der Waals surface area contributed by atoms with Gasteiger partial charge in [0.15, 0.2) is 5.96 Å². The first-order chi connectivity index (χ1) is 9.28. The summed E-state index contributed by atoms with van der Waals surface area (Å²) < 4.78 is 0. The molecule has 1 heterocycles. The number of benzene rings is 1. The fraction of sp³-hybridized carbons (Fsp3) is 0.533. The highest BCUT2D eigenvalue weighted by Crippen LogP contribution is 2.43. The first-order valence-corrected chi connectivity index (χ1v) is 7.45. The molecule has 0 aromatic heterocycles. The van der Waals surface area contributed by atoms with E-state index in [0.717, 1.165) is 37.0 Å². The van der Waals surface area contributed by atoms with Crippen molar-refractivity contribution in [1.82, 2.24) is 10.6 Å². The summed E-state index contributed by atoms with van der Waals surface area (Å²) in [6.07, 6.45) is 4.93. The van der Waals surface area contributed by atoms with Crippen LogP contribution in [0.4, 0.5) is 0 Å². The van der Waals surface area contributed by atoms with Crippen LogP contribution in [-0.2, 0) is 5.41 Å². The lowest BCUT2D eigenvalue weighted by Gasteiger charge is -2.43. The Bertz CT molecular complexity index is 463. The van der Waals surface area contributed by atoms with E-state index in [1.165, 1.54) is 24.8 Å². The van der Waals surface area contributed by atoms with Crippen molar-refractivity contribution < 1.29 is 0 Å². The molecule has 0 radical (unpaired) electrons. The Balaban J connectivity index is 1.69. The fourth-order valence-electron chi connectivity index (χ4n) is 2.88. The average Bonchev–Trinajstić information content (AvgIpc) is 2.41. The number of nitrogens with one attached hydrogen (secondary N) is 2. The van der Waals surface area contributed by atoms with Gasteiger partial charge in [0.25, 0.3) is 0 Å². The van der Waals surface area contributed by atoms with Gasteiger partial charge in [-0.2, -0.15) is 0 Å². The molecule has 0 bridgehead atoms. The van der Waals surface area contributed by atoms with E-state index in [2.05, 4.69) is 27.8 Å². The van der Waals surface area contributed by atoms with Gasteiger partial charge in [-0.25, -0.2) is 0 Å². The van der Waals surface area contributed by atoms with Gasteiger partial charge >= 0.3 is 0 Å². The Morgan fingerprint density at radius 2 is 2.00 bits per heavy atom. The van der Waals surface area contributed by atoms with Crippen molar-refractivity contribution in [1.29, 1.82) is 0 Å². The molecule has 1 aromatic rings. The molecule has 1 aromatic carbocycles. The minimum Gasteiger partial charge on any atom is -0.356 e. The molecule has 0 amide bonds. The van der Waals surface area contributed by atoms with E-state index in [4.69, 9.17) is 11.6 Å². The van der Waals surface area contributed by atoms with Gasteiger partial charge in [-0.1, -0.05) is 30.2 Å². The largest absolute Gasteiger partial charge is 0.356 e. The van der Waals surface area contributed by atoms with E-state index in [-0.39, 0.29) is 5.41 Å². The van der Waals surface area contributed by atoms with Gasteiger partial charge in [-0.15, -0.1) is 0 Å². The van der Waals surface area contributed by atoms with Crippen LogP contribution in [-0.4, -0.2) is 25.6 Å². The van der Waals surface area contributed by atoms with Crippen LogP contribution in [0.3, 0.4) is 0 Å². The van der Waals surface area contributed by atoms with E-state index in [0.29, 0.717) is 0 Å². The van der Waals surface area contributed by atoms with E-state index in [9.17, 15) is 0 Å². The minimum absolute atomic E-state index is 0.270. The van der Waals surface area contributed by atoms with Gasteiger partial charge in [0, 0.05) is 30.1 Å². The second kappa shape index (κ2) is 5.41. The lowest BCUT2D eigenvalue weighted by molar-refractivity contribution is 0.243. The number of rotatable bonds is 3. The quantitative estimate of drug-likeness (QED) is 0.891. The zero-order chi connectivity index (χ0) is 13.1. The normalized spacial score (nSPS) is 21.0. The molecule has 19 heavy (non-hydrogen) atoms. The maximum absolute atomic E-state index is 5.98. The van der Waals surface area contributed by atoms with Crippen LogP contribution in [0, 0.1) is 0 Å². The predicted molar refractivity (Wildman–Crippen MR) is 79.9 cm³/mol. The summed E-state index contributed by atoms with van der Waals surface area (Å²) in [6, 6.07) is 8.32. The van der Waals surface area contributed by atoms with Crippen LogP contribution < -0.4 is 10.6 Å². The van der Waals surface area contributed by atoms with Crippen molar-refractivity contribution in [2.75, 3.05) is 19.6 Å². The molecule has 0 saturated heterocycles. The Morgan fingerprint density at radius 3 is 2.58 bits per heavy atom. The third kappa shape index (κ3) is 2.71. The lowest BCUT2D eigenvalue weighted by Crippen LogP contribution is -2.50. The summed E-state index contributed by atoms with van der Waals surface area (Å²) in [4.78, 5) is 4.47. The van der Waals surface area contributed by atoms with Crippen LogP contribution in [0.25, 0.3) is 0 Å². The van der Waals surface area contributed by atoms with Crippen LogP contribution in [0.2, 0.25) is 5.02 Å². The second-order valence-electron chi connectivity index (χ2n) is 5.50. The molecule has 0 spiro atoms. The van der Waals surface area contributed by atoms with E-state index >= 15 is 0 Å². The van der Waals surface area contributed by atoms with Gasteiger partial charge in [-0.3, -0.25) is 4.99 Å². The number of hydrogen-bond acceptors (Lipinski definition) is 3. The van der Waals surface area contributed by atoms with Crippen molar-refractivity contribution in [3.8, 4) is 0 Å². The highest BCUT2D eigenvalue weighted by molar-refractivity contribution is 6.30. The number of guanidine groups is 1. The van der Waals surface area contributed by atoms with Crippen LogP contribution in [0.15, 0.2) is 29.3 Å². The first-order valence-electron chi connectivity index (χ1n) is 7.07. The van der Waals surface area contributed by atoms with Gasteiger partial charge in [0.1, 0.15) is 0 Å². The van der Waals surface area contributed by atoms with Crippen molar-refractivity contribution in [3.05, 3.63) is 34.9 Å². The summed E-state index contributed by atoms with van der Waals surface area (Å²) >= 11 is 5.98. The molecule has 0 atom stereocenters. The summed E-state index contributed by atoms with van der Waals surface area (Å²) in [5.74, 6) is 0.964. The molecular weight excluding hydrogens is 258 g/mol. The van der Waals surface area contributed by atoms with Crippen molar-refractivity contribution in [3.63, 3.8) is 0 Å². The number of hydrogen-bond donors (Lipinski definition) is 2. The molecule has 0 unspecified atom stereocenters. The third-order valence-electron chi connectivity index (χ3n) is 4.26. The lowest BCUT2D eigenvalue weighted by atomic mass is 9.64. The third-order valence-corrected chi connectivity index (χ3v) is 4.51. The first kappa shape index (κ1) is 12.8. The summed E-state index contributed by atoms with van der Waals surface area (Å²) in [7, 11) is 0. The van der Waals surface area contributed by atoms with Crippen LogP contribution in [0.5, 0.6) is 0 Å². The molecule has 2 N–H and O–H groups in total. The zero-order valence-electron chi connectivity index (χ0n) is 11.1. The fourth-order valence-corrected chi connectivity index (χ4v) is 3.00. The summed E-state index contributed by atoms with van der Waals surface area (Å²) in [5, 5.41) is 7.61. The molecule has 1 fully saturated rings. The number of aliphatic imine (C=N–C) groups is 1. The number of halogens is 1. The molecule has 1 aliphatic carbocycles. The molecule has 4 heteroatoms. The van der Waals surface area contributed by atoms with E-state index in [1.54, 1.807) is 0 Å². The topological polar surface area (TPSA) is 36.4 Å². The van der Waals surface area contributed by atoms with E-state index in [1.807, 2.05) is 12.1 Å². The molecule has 2 aliphatic rings. The van der Waals surface area contributed by atoms with E-state index < -0.39 is 0 Å². The Labute approximate surface area is 119 Å². The molecule has 1 saturated carbocycles. The van der Waals surface area contributed by atoms with Crippen LogP contribution in [0.1, 0.15) is 31.2 Å². The Morgan fingerprint density at radius 1 is 1.21 bits per heavy atom. The highest BCUT2D eigenvalue weighted by Gasteiger charge is 2.38. The minimum atomic E-state index is 0.270. The smallest absolute Gasteiger partial charge is 0.191 e. The van der Waals surface area contributed by atoms with Crippen LogP contribution >= 0.6 is 11.6 Å².